The fourth-order valence-electron chi connectivity index (χ4n) is 2.40. The lowest BCUT2D eigenvalue weighted by atomic mass is 9.77. The van der Waals surface area contributed by atoms with Crippen molar-refractivity contribution in [3.63, 3.8) is 0 Å². The summed E-state index contributed by atoms with van der Waals surface area (Å²) < 4.78 is 6.07. The van der Waals surface area contributed by atoms with Gasteiger partial charge < -0.3 is 4.74 Å². The van der Waals surface area contributed by atoms with E-state index in [2.05, 4.69) is 55.4 Å². The molecular formula is C18H38O. The van der Waals surface area contributed by atoms with Crippen LogP contribution < -0.4 is 0 Å². The molecule has 0 spiro atoms. The Morgan fingerprint density at radius 1 is 0.737 bits per heavy atom. The normalized spacial score (nSPS) is 13.9. The predicted molar refractivity (Wildman–Crippen MR) is 86.6 cm³/mol. The van der Waals surface area contributed by atoms with Crippen molar-refractivity contribution in [1.29, 1.82) is 0 Å². The van der Waals surface area contributed by atoms with Gasteiger partial charge in [-0.1, -0.05) is 47.5 Å². The van der Waals surface area contributed by atoms with Crippen molar-refractivity contribution in [3.05, 3.63) is 0 Å². The maximum Gasteiger partial charge on any atom is 0.0598 e. The van der Waals surface area contributed by atoms with Gasteiger partial charge in [-0.15, -0.1) is 0 Å². The first-order valence-corrected chi connectivity index (χ1v) is 8.17. The van der Waals surface area contributed by atoms with E-state index in [1.54, 1.807) is 0 Å². The van der Waals surface area contributed by atoms with Gasteiger partial charge >= 0.3 is 0 Å². The van der Waals surface area contributed by atoms with Crippen LogP contribution in [0, 0.1) is 10.8 Å². The molecule has 0 aliphatic rings. The molecule has 116 valence electrons. The van der Waals surface area contributed by atoms with Gasteiger partial charge in [0.1, 0.15) is 0 Å². The summed E-state index contributed by atoms with van der Waals surface area (Å²) in [5.74, 6) is 0. The molecule has 0 radical (unpaired) electrons. The minimum atomic E-state index is -0.0129. The monoisotopic (exact) mass is 270 g/mol. The van der Waals surface area contributed by atoms with E-state index in [1.807, 2.05) is 0 Å². The molecule has 0 aromatic heterocycles. The molecule has 0 rings (SSSR count). The van der Waals surface area contributed by atoms with Crippen molar-refractivity contribution in [3.8, 4) is 0 Å². The molecule has 0 saturated heterocycles. The van der Waals surface area contributed by atoms with Crippen molar-refractivity contribution in [2.75, 3.05) is 6.61 Å². The third-order valence-corrected chi connectivity index (χ3v) is 4.20. The van der Waals surface area contributed by atoms with Crippen LogP contribution in [0.5, 0.6) is 0 Å². The summed E-state index contributed by atoms with van der Waals surface area (Å²) >= 11 is 0. The minimum absolute atomic E-state index is 0.0129. The molecule has 0 fully saturated rings. The summed E-state index contributed by atoms with van der Waals surface area (Å²) in [4.78, 5) is 0. The van der Waals surface area contributed by atoms with Crippen LogP contribution in [-0.2, 0) is 4.74 Å². The van der Waals surface area contributed by atoms with Gasteiger partial charge in [-0.3, -0.25) is 0 Å². The molecule has 0 aromatic carbocycles. The average molecular weight is 271 g/mol. The Hall–Kier alpha value is -0.0400. The van der Waals surface area contributed by atoms with E-state index in [-0.39, 0.29) is 5.60 Å². The lowest BCUT2D eigenvalue weighted by molar-refractivity contribution is -0.0585. The van der Waals surface area contributed by atoms with Crippen molar-refractivity contribution in [2.45, 2.75) is 99.5 Å². The second-order valence-electron chi connectivity index (χ2n) is 8.38. The van der Waals surface area contributed by atoms with Crippen molar-refractivity contribution in [1.82, 2.24) is 0 Å². The highest BCUT2D eigenvalue weighted by Crippen LogP contribution is 2.35. The molecule has 1 heteroatoms. The number of ether oxygens (including phenoxy) is 1. The van der Waals surface area contributed by atoms with E-state index in [0.717, 1.165) is 6.61 Å². The van der Waals surface area contributed by atoms with Crippen LogP contribution in [0.3, 0.4) is 0 Å². The van der Waals surface area contributed by atoms with Crippen LogP contribution in [0.25, 0.3) is 0 Å². The van der Waals surface area contributed by atoms with Gasteiger partial charge in [0.05, 0.1) is 12.2 Å². The molecule has 0 heterocycles. The van der Waals surface area contributed by atoms with E-state index in [9.17, 15) is 0 Å². The summed E-state index contributed by atoms with van der Waals surface area (Å²) in [5, 5.41) is 0. The van der Waals surface area contributed by atoms with Crippen LogP contribution in [0.1, 0.15) is 93.9 Å². The maximum atomic E-state index is 6.07. The molecule has 0 bridgehead atoms. The van der Waals surface area contributed by atoms with Gasteiger partial charge in [-0.05, 0) is 57.3 Å². The molecule has 0 unspecified atom stereocenters. The smallest absolute Gasteiger partial charge is 0.0598 e. The highest BCUT2D eigenvalue weighted by atomic mass is 16.5. The second-order valence-corrected chi connectivity index (χ2v) is 8.38. The third-order valence-electron chi connectivity index (χ3n) is 4.20. The number of hydrogen-bond donors (Lipinski definition) is 0. The Bertz CT molecular complexity index is 225. The summed E-state index contributed by atoms with van der Waals surface area (Å²) in [6.45, 7) is 19.0. The summed E-state index contributed by atoms with van der Waals surface area (Å²) in [5.41, 5.74) is 0.856. The average Bonchev–Trinajstić information content (AvgIpc) is 2.26. The predicted octanol–water partition coefficient (Wildman–Crippen LogP) is 6.21. The van der Waals surface area contributed by atoms with Crippen LogP contribution in [0.15, 0.2) is 0 Å². The highest BCUT2D eigenvalue weighted by Gasteiger charge is 2.28. The molecule has 0 aliphatic carbocycles. The Labute approximate surface area is 122 Å². The van der Waals surface area contributed by atoms with Crippen LogP contribution in [0.2, 0.25) is 0 Å². The SMILES string of the molecule is CCC(CC)(CCCCC(C)(C)C)COC(C)(C)C. The van der Waals surface area contributed by atoms with Gasteiger partial charge in [-0.2, -0.15) is 0 Å². The van der Waals surface area contributed by atoms with Gasteiger partial charge in [0.25, 0.3) is 0 Å². The van der Waals surface area contributed by atoms with E-state index >= 15 is 0 Å². The molecular weight excluding hydrogens is 232 g/mol. The molecule has 19 heavy (non-hydrogen) atoms. The lowest BCUT2D eigenvalue weighted by Gasteiger charge is -2.35. The van der Waals surface area contributed by atoms with E-state index in [4.69, 9.17) is 4.74 Å². The molecule has 0 aromatic rings. The molecule has 0 aliphatic heterocycles. The summed E-state index contributed by atoms with van der Waals surface area (Å²) in [7, 11) is 0. The maximum absolute atomic E-state index is 6.07. The van der Waals surface area contributed by atoms with Gasteiger partial charge in [0, 0.05) is 0 Å². The first-order chi connectivity index (χ1) is 8.54. The zero-order valence-corrected chi connectivity index (χ0v) is 14.9. The highest BCUT2D eigenvalue weighted by molar-refractivity contribution is 4.78. The first kappa shape index (κ1) is 19.0. The Balaban J connectivity index is 4.23. The summed E-state index contributed by atoms with van der Waals surface area (Å²) in [6, 6.07) is 0. The van der Waals surface area contributed by atoms with Crippen LogP contribution >= 0.6 is 0 Å². The standard InChI is InChI=1S/C18H38O/c1-9-18(10-2,15-19-17(6,7)8)14-12-11-13-16(3,4)5/h9-15H2,1-8H3. The first-order valence-electron chi connectivity index (χ1n) is 8.17. The van der Waals surface area contributed by atoms with E-state index in [1.165, 1.54) is 38.5 Å². The third kappa shape index (κ3) is 9.49. The van der Waals surface area contributed by atoms with Crippen molar-refractivity contribution >= 4 is 0 Å². The second kappa shape index (κ2) is 7.67. The topological polar surface area (TPSA) is 9.23 Å². The molecule has 1 nitrogen and oxygen atoms in total. The number of rotatable bonds is 8. The zero-order valence-electron chi connectivity index (χ0n) is 14.9. The fourth-order valence-corrected chi connectivity index (χ4v) is 2.40. The summed E-state index contributed by atoms with van der Waals surface area (Å²) in [6.07, 6.45) is 7.79. The largest absolute Gasteiger partial charge is 0.375 e. The molecule has 0 atom stereocenters. The molecule has 0 saturated carbocycles. The minimum Gasteiger partial charge on any atom is -0.375 e. The Kier molecular flexibility index (Phi) is 7.65. The van der Waals surface area contributed by atoms with Crippen molar-refractivity contribution < 1.29 is 4.74 Å². The van der Waals surface area contributed by atoms with Crippen LogP contribution in [0.4, 0.5) is 0 Å². The number of unbranched alkanes of at least 4 members (excludes halogenated alkanes) is 1. The van der Waals surface area contributed by atoms with Gasteiger partial charge in [-0.25, -0.2) is 0 Å². The van der Waals surface area contributed by atoms with Gasteiger partial charge in [0.15, 0.2) is 0 Å². The molecule has 0 amide bonds. The lowest BCUT2D eigenvalue weighted by Crippen LogP contribution is -2.31. The zero-order chi connectivity index (χ0) is 15.2. The van der Waals surface area contributed by atoms with E-state index in [0.29, 0.717) is 10.8 Å². The Morgan fingerprint density at radius 2 is 1.21 bits per heavy atom. The quantitative estimate of drug-likeness (QED) is 0.476. The fraction of sp³-hybridized carbons (Fsp3) is 1.00. The Morgan fingerprint density at radius 3 is 1.58 bits per heavy atom. The molecule has 0 N–H and O–H groups in total. The van der Waals surface area contributed by atoms with Crippen LogP contribution in [-0.4, -0.2) is 12.2 Å². The number of hydrogen-bond acceptors (Lipinski definition) is 1. The van der Waals surface area contributed by atoms with E-state index < -0.39 is 0 Å². The van der Waals surface area contributed by atoms with Crippen molar-refractivity contribution in [2.24, 2.45) is 10.8 Å². The van der Waals surface area contributed by atoms with Gasteiger partial charge in [0.2, 0.25) is 0 Å².